The molecule has 0 aliphatic rings. The van der Waals surface area contributed by atoms with Crippen LogP contribution < -0.4 is 14.8 Å². The zero-order valence-corrected chi connectivity index (χ0v) is 20.6. The second kappa shape index (κ2) is 12.2. The Kier molecular flexibility index (Phi) is 9.93. The van der Waals surface area contributed by atoms with Gasteiger partial charge in [-0.05, 0) is 36.8 Å². The van der Waals surface area contributed by atoms with Crippen molar-refractivity contribution in [3.05, 3.63) is 53.6 Å². The van der Waals surface area contributed by atoms with Gasteiger partial charge in [-0.15, -0.1) is 13.5 Å². The summed E-state index contributed by atoms with van der Waals surface area (Å²) >= 11 is 0. The highest BCUT2D eigenvalue weighted by Gasteiger charge is 2.27. The van der Waals surface area contributed by atoms with Gasteiger partial charge in [-0.2, -0.15) is 0 Å². The second-order valence-corrected chi connectivity index (χ2v) is 11.6. The van der Waals surface area contributed by atoms with Gasteiger partial charge in [-0.3, -0.25) is 0 Å². The zero-order chi connectivity index (χ0) is 22.9. The number of hydrogen-bond donors (Lipinski definition) is 1. The van der Waals surface area contributed by atoms with Gasteiger partial charge in [-0.25, -0.2) is 8.42 Å². The van der Waals surface area contributed by atoms with Gasteiger partial charge < -0.3 is 14.8 Å². The number of unbranched alkanes of at least 4 members (excludes halogenated alkanes) is 2. The molecular weight excluding hydrogens is 429 g/mol. The van der Waals surface area contributed by atoms with Crippen molar-refractivity contribution in [1.82, 2.24) is 5.32 Å². The number of hydrogen-bond acceptors (Lipinski definition) is 5. The smallest absolute Gasteiger partial charge is 0.179 e. The van der Waals surface area contributed by atoms with E-state index in [4.69, 9.17) is 15.6 Å². The highest BCUT2D eigenvalue weighted by atomic mass is 32.2. The van der Waals surface area contributed by atoms with E-state index >= 15 is 0 Å². The Morgan fingerprint density at radius 3 is 2.29 bits per heavy atom. The van der Waals surface area contributed by atoms with Gasteiger partial charge in [0.2, 0.25) is 0 Å². The van der Waals surface area contributed by atoms with Crippen molar-refractivity contribution < 1.29 is 17.9 Å². The summed E-state index contributed by atoms with van der Waals surface area (Å²) in [5.41, 5.74) is 1.66. The monoisotopic (exact) mass is 463 g/mol. The molecule has 0 fully saturated rings. The van der Waals surface area contributed by atoms with Crippen LogP contribution >= 0.6 is 7.38 Å². The molecule has 0 aromatic heterocycles. The normalized spacial score (nSPS) is 12.9. The van der Waals surface area contributed by atoms with E-state index < -0.39 is 17.2 Å². The summed E-state index contributed by atoms with van der Waals surface area (Å²) in [4.78, 5) is 0.263. The van der Waals surface area contributed by atoms with Crippen molar-refractivity contribution in [1.29, 1.82) is 0 Å². The van der Waals surface area contributed by atoms with Gasteiger partial charge in [-0.1, -0.05) is 50.1 Å². The first-order chi connectivity index (χ1) is 14.8. The molecule has 0 amide bonds. The summed E-state index contributed by atoms with van der Waals surface area (Å²) in [5.74, 6) is 0.907. The van der Waals surface area contributed by atoms with Crippen LogP contribution in [0.5, 0.6) is 11.5 Å². The van der Waals surface area contributed by atoms with Crippen LogP contribution in [0.3, 0.4) is 0 Å². The number of rotatable bonds is 12. The van der Waals surface area contributed by atoms with Gasteiger partial charge in [0, 0.05) is 12.2 Å². The van der Waals surface area contributed by atoms with E-state index in [9.17, 15) is 8.42 Å². The van der Waals surface area contributed by atoms with Gasteiger partial charge >= 0.3 is 0 Å². The Morgan fingerprint density at radius 2 is 1.71 bits per heavy atom. The van der Waals surface area contributed by atoms with Crippen LogP contribution in [0.25, 0.3) is 0 Å². The molecule has 0 heterocycles. The molecule has 31 heavy (non-hydrogen) atoms. The lowest BCUT2D eigenvalue weighted by atomic mass is 9.97. The number of ether oxygens (including phenoxy) is 2. The maximum absolute atomic E-state index is 13.4. The minimum Gasteiger partial charge on any atom is -0.493 e. The number of nitrogens with one attached hydrogen (secondary N) is 1. The lowest BCUT2D eigenvalue weighted by Gasteiger charge is -2.24. The molecule has 1 N–H and O–H groups in total. The maximum Gasteiger partial charge on any atom is 0.179 e. The molecule has 0 spiro atoms. The van der Waals surface area contributed by atoms with Crippen molar-refractivity contribution in [3.63, 3.8) is 0 Å². The third-order valence-corrected chi connectivity index (χ3v) is 8.13. The van der Waals surface area contributed by atoms with Crippen LogP contribution in [0, 0.1) is 6.13 Å². The predicted octanol–water partition coefficient (Wildman–Crippen LogP) is 5.05. The quantitative estimate of drug-likeness (QED) is 0.353. The lowest BCUT2D eigenvalue weighted by molar-refractivity contribution is 0.352. The third kappa shape index (κ3) is 7.02. The van der Waals surface area contributed by atoms with Crippen LogP contribution in [-0.2, 0) is 9.84 Å². The Balaban J connectivity index is 2.63. The maximum atomic E-state index is 13.4. The summed E-state index contributed by atoms with van der Waals surface area (Å²) in [6.45, 7) is 4.82. The zero-order valence-electron chi connectivity index (χ0n) is 18.9. The van der Waals surface area contributed by atoms with Crippen LogP contribution in [0.1, 0.15) is 43.4 Å². The van der Waals surface area contributed by atoms with Crippen molar-refractivity contribution in [3.8, 4) is 17.6 Å². The van der Waals surface area contributed by atoms with Gasteiger partial charge in [0.25, 0.3) is 0 Å². The largest absolute Gasteiger partial charge is 0.493 e. The molecule has 170 valence electrons. The van der Waals surface area contributed by atoms with E-state index in [0.29, 0.717) is 23.2 Å². The first kappa shape index (κ1) is 25.3. The topological polar surface area (TPSA) is 64.6 Å². The Bertz CT molecular complexity index is 1010. The van der Waals surface area contributed by atoms with E-state index in [0.717, 1.165) is 31.4 Å². The first-order valence-corrected chi connectivity index (χ1v) is 14.3. The molecule has 0 saturated carbocycles. The molecule has 0 aliphatic carbocycles. The van der Waals surface area contributed by atoms with Crippen molar-refractivity contribution in [2.75, 3.05) is 39.3 Å². The summed E-state index contributed by atoms with van der Waals surface area (Å²) in [5, 5.41) is 3.57. The molecule has 7 heteroatoms. The average Bonchev–Trinajstić information content (AvgIpc) is 2.77. The standard InChI is InChI=1S/C24H34NO4PS/c1-6-7-11-14-25-24(19-12-9-8-10-13-19)20-17-21(28-2)22(29-3)18-23(20)31(26,27)16-15-30(4)5/h4,8-10,12-13,17-18,24-25H,6-7,11,14-16H2,1-3,5H3/t24-/m1/s1. The number of benzene rings is 2. The van der Waals surface area contributed by atoms with Gasteiger partial charge in [0.1, 0.15) is 0 Å². The Labute approximate surface area is 188 Å². The van der Waals surface area contributed by atoms with Gasteiger partial charge in [0.05, 0.1) is 30.9 Å². The molecule has 2 atom stereocenters. The van der Waals surface area contributed by atoms with Crippen LogP contribution in [0.2, 0.25) is 0 Å². The summed E-state index contributed by atoms with van der Waals surface area (Å²) in [6.07, 6.45) is 9.60. The van der Waals surface area contributed by atoms with Crippen LogP contribution in [0.4, 0.5) is 0 Å². The molecule has 2 rings (SSSR count). The Hall–Kier alpha value is -1.97. The van der Waals surface area contributed by atoms with Gasteiger partial charge in [0.15, 0.2) is 21.3 Å². The lowest BCUT2D eigenvalue weighted by Crippen LogP contribution is -2.26. The van der Waals surface area contributed by atoms with Crippen molar-refractivity contribution in [2.24, 2.45) is 0 Å². The van der Waals surface area contributed by atoms with E-state index in [1.807, 2.05) is 37.0 Å². The molecular formula is C24H34NO4PS. The highest BCUT2D eigenvalue weighted by Crippen LogP contribution is 2.38. The SMILES string of the molecule is C#P(C)CCS(=O)(=O)c1cc(OC)c(OC)cc1[C@H](NCCCCC)c1ccccc1. The predicted molar refractivity (Wildman–Crippen MR) is 130 cm³/mol. The fourth-order valence-corrected chi connectivity index (χ4v) is 6.58. The van der Waals surface area contributed by atoms with E-state index in [-0.39, 0.29) is 16.7 Å². The molecule has 0 radical (unpaired) electrons. The summed E-state index contributed by atoms with van der Waals surface area (Å²) in [6, 6.07) is 13.0. The van der Waals surface area contributed by atoms with E-state index in [2.05, 4.69) is 12.2 Å². The third-order valence-electron chi connectivity index (χ3n) is 5.14. The fraction of sp³-hybridized carbons (Fsp3) is 0.458. The molecule has 2 aromatic carbocycles. The fourth-order valence-electron chi connectivity index (χ4n) is 3.42. The van der Waals surface area contributed by atoms with Crippen molar-refractivity contribution >= 4 is 17.2 Å². The first-order valence-electron chi connectivity index (χ1n) is 10.6. The van der Waals surface area contributed by atoms with E-state index in [1.54, 1.807) is 19.2 Å². The Morgan fingerprint density at radius 1 is 1.06 bits per heavy atom. The summed E-state index contributed by atoms with van der Waals surface area (Å²) < 4.78 is 37.7. The molecule has 5 nitrogen and oxygen atoms in total. The van der Waals surface area contributed by atoms with E-state index in [1.165, 1.54) is 7.11 Å². The number of methoxy groups -OCH3 is 2. The second-order valence-electron chi connectivity index (χ2n) is 7.55. The molecule has 0 aliphatic heterocycles. The number of sulfone groups is 1. The van der Waals surface area contributed by atoms with Crippen LogP contribution in [0.15, 0.2) is 47.4 Å². The molecule has 2 aromatic rings. The minimum absolute atomic E-state index is 0.00549. The molecule has 0 saturated heterocycles. The molecule has 0 bridgehead atoms. The highest BCUT2D eigenvalue weighted by molar-refractivity contribution is 7.91. The minimum atomic E-state index is -3.57. The summed E-state index contributed by atoms with van der Waals surface area (Å²) in [7, 11) is -1.31. The van der Waals surface area contributed by atoms with Crippen LogP contribution in [-0.4, -0.2) is 47.8 Å². The van der Waals surface area contributed by atoms with Crippen molar-refractivity contribution in [2.45, 2.75) is 37.1 Å². The molecule has 1 unspecified atom stereocenters. The average molecular weight is 464 g/mol.